The van der Waals surface area contributed by atoms with Crippen molar-refractivity contribution in [1.82, 2.24) is 5.32 Å². The number of hydrogen-bond donors (Lipinski definition) is 2. The van der Waals surface area contributed by atoms with Gasteiger partial charge in [-0.25, -0.2) is 0 Å². The van der Waals surface area contributed by atoms with Crippen molar-refractivity contribution in [3.8, 4) is 0 Å². The topological polar surface area (TPSA) is 65.7 Å². The fourth-order valence-corrected chi connectivity index (χ4v) is 5.08. The Labute approximate surface area is 153 Å². The molecule has 0 radical (unpaired) electrons. The Morgan fingerprint density at radius 1 is 1.24 bits per heavy atom. The Bertz CT molecular complexity index is 469. The summed E-state index contributed by atoms with van der Waals surface area (Å²) in [5, 5.41) is 3.52. The maximum Gasteiger partial charge on any atom is 0.500 e. The molecule has 0 aliphatic carbocycles. The van der Waals surface area contributed by atoms with E-state index in [1.165, 1.54) is 5.56 Å². The molecule has 6 heteroatoms. The predicted molar refractivity (Wildman–Crippen MR) is 105 cm³/mol. The molecule has 0 spiro atoms. The van der Waals surface area contributed by atoms with E-state index in [4.69, 9.17) is 19.0 Å². The largest absolute Gasteiger partial charge is 0.500 e. The van der Waals surface area contributed by atoms with E-state index in [2.05, 4.69) is 31.0 Å². The smallest absolute Gasteiger partial charge is 0.377 e. The first-order valence-corrected chi connectivity index (χ1v) is 11.0. The van der Waals surface area contributed by atoms with Crippen LogP contribution in [-0.2, 0) is 13.3 Å². The van der Waals surface area contributed by atoms with Crippen molar-refractivity contribution in [1.29, 1.82) is 0 Å². The van der Waals surface area contributed by atoms with Gasteiger partial charge in [0, 0.05) is 20.3 Å². The highest BCUT2D eigenvalue weighted by atomic mass is 28.4. The van der Waals surface area contributed by atoms with Crippen LogP contribution in [0.3, 0.4) is 0 Å². The van der Waals surface area contributed by atoms with Gasteiger partial charge in [-0.1, -0.05) is 43.3 Å². The number of rotatable bonds is 14. The second kappa shape index (κ2) is 12.3. The SMILES string of the molecule is C=CC(NCCC[Si](OC)(OC)OC(CC)CCN)c1ccccc1. The quantitative estimate of drug-likeness (QED) is 0.300. The Hall–Kier alpha value is -1.02. The van der Waals surface area contributed by atoms with Gasteiger partial charge in [0.1, 0.15) is 0 Å². The average molecular weight is 367 g/mol. The number of benzene rings is 1. The van der Waals surface area contributed by atoms with Crippen LogP contribution in [0.4, 0.5) is 0 Å². The van der Waals surface area contributed by atoms with Gasteiger partial charge in [-0.2, -0.15) is 0 Å². The lowest BCUT2D eigenvalue weighted by molar-refractivity contribution is 0.0500. The van der Waals surface area contributed by atoms with Crippen LogP contribution in [0, 0.1) is 0 Å². The van der Waals surface area contributed by atoms with Crippen LogP contribution in [0.1, 0.15) is 37.8 Å². The monoisotopic (exact) mass is 366 g/mol. The van der Waals surface area contributed by atoms with Crippen molar-refractivity contribution < 1.29 is 13.3 Å². The Morgan fingerprint density at radius 3 is 2.44 bits per heavy atom. The summed E-state index contributed by atoms with van der Waals surface area (Å²) in [6.07, 6.45) is 4.66. The summed E-state index contributed by atoms with van der Waals surface area (Å²) < 4.78 is 17.6. The van der Waals surface area contributed by atoms with Crippen molar-refractivity contribution in [3.05, 3.63) is 48.6 Å². The summed E-state index contributed by atoms with van der Waals surface area (Å²) in [5.74, 6) is 0. The lowest BCUT2D eigenvalue weighted by Gasteiger charge is -2.31. The average Bonchev–Trinajstić information content (AvgIpc) is 2.67. The molecular weight excluding hydrogens is 332 g/mol. The summed E-state index contributed by atoms with van der Waals surface area (Å²) in [4.78, 5) is 0. The van der Waals surface area contributed by atoms with E-state index in [0.717, 1.165) is 31.9 Å². The second-order valence-corrected chi connectivity index (χ2v) is 8.92. The zero-order valence-corrected chi connectivity index (χ0v) is 16.9. The summed E-state index contributed by atoms with van der Waals surface area (Å²) in [7, 11) is 0.703. The minimum atomic E-state index is -2.65. The van der Waals surface area contributed by atoms with Gasteiger partial charge < -0.3 is 24.3 Å². The Morgan fingerprint density at radius 2 is 1.92 bits per heavy atom. The lowest BCUT2D eigenvalue weighted by atomic mass is 10.1. The zero-order valence-electron chi connectivity index (χ0n) is 15.9. The van der Waals surface area contributed by atoms with Gasteiger partial charge in [0.25, 0.3) is 0 Å². The molecule has 1 rings (SSSR count). The van der Waals surface area contributed by atoms with Crippen LogP contribution >= 0.6 is 0 Å². The first-order valence-electron chi connectivity index (χ1n) is 9.03. The van der Waals surface area contributed by atoms with Crippen LogP contribution in [-0.4, -0.2) is 42.2 Å². The molecule has 1 aromatic carbocycles. The fourth-order valence-electron chi connectivity index (χ4n) is 2.79. The van der Waals surface area contributed by atoms with Crippen molar-refractivity contribution in [2.45, 2.75) is 44.4 Å². The van der Waals surface area contributed by atoms with Gasteiger partial charge in [0.05, 0.1) is 12.1 Å². The minimum Gasteiger partial charge on any atom is -0.377 e. The third-order valence-corrected chi connectivity index (χ3v) is 7.23. The van der Waals surface area contributed by atoms with Crippen LogP contribution in [0.15, 0.2) is 43.0 Å². The Kier molecular flexibility index (Phi) is 10.9. The van der Waals surface area contributed by atoms with Crippen molar-refractivity contribution >= 4 is 8.80 Å². The van der Waals surface area contributed by atoms with Crippen LogP contribution in [0.25, 0.3) is 0 Å². The van der Waals surface area contributed by atoms with Crippen LogP contribution < -0.4 is 11.1 Å². The van der Waals surface area contributed by atoms with E-state index in [1.807, 2.05) is 24.3 Å². The molecule has 0 saturated carbocycles. The molecule has 0 aromatic heterocycles. The van der Waals surface area contributed by atoms with Crippen molar-refractivity contribution in [3.63, 3.8) is 0 Å². The molecule has 142 valence electrons. The van der Waals surface area contributed by atoms with E-state index in [1.54, 1.807) is 14.2 Å². The summed E-state index contributed by atoms with van der Waals surface area (Å²) in [6.45, 7) is 7.47. The molecule has 0 amide bonds. The minimum absolute atomic E-state index is 0.0924. The van der Waals surface area contributed by atoms with Crippen molar-refractivity contribution in [2.75, 3.05) is 27.3 Å². The molecule has 3 N–H and O–H groups in total. The molecule has 0 bridgehead atoms. The molecule has 25 heavy (non-hydrogen) atoms. The third kappa shape index (κ3) is 7.39. The molecule has 5 nitrogen and oxygen atoms in total. The predicted octanol–water partition coefficient (Wildman–Crippen LogP) is 3.27. The molecule has 2 unspecified atom stereocenters. The van der Waals surface area contributed by atoms with E-state index in [9.17, 15) is 0 Å². The van der Waals surface area contributed by atoms with E-state index >= 15 is 0 Å². The maximum absolute atomic E-state index is 6.21. The van der Waals surface area contributed by atoms with E-state index in [0.29, 0.717) is 6.54 Å². The lowest BCUT2D eigenvalue weighted by Crippen LogP contribution is -2.47. The van der Waals surface area contributed by atoms with Gasteiger partial charge in [0.2, 0.25) is 0 Å². The zero-order chi connectivity index (χ0) is 18.5. The van der Waals surface area contributed by atoms with Gasteiger partial charge >= 0.3 is 8.80 Å². The standard InChI is InChI=1S/C19H34N2O3Si/c1-5-18(13-14-20)24-25(22-3,23-4)16-10-15-21-19(6-2)17-11-8-7-9-12-17/h6-9,11-12,18-19,21H,2,5,10,13-16,20H2,1,3-4H3. The molecule has 0 aliphatic rings. The Balaban J connectivity index is 2.52. The first kappa shape index (κ1) is 22.0. The number of hydrogen-bond acceptors (Lipinski definition) is 5. The highest BCUT2D eigenvalue weighted by Gasteiger charge is 2.40. The van der Waals surface area contributed by atoms with Crippen LogP contribution in [0.2, 0.25) is 6.04 Å². The molecular formula is C19H34N2O3Si. The van der Waals surface area contributed by atoms with Gasteiger partial charge in [-0.3, -0.25) is 0 Å². The first-order chi connectivity index (χ1) is 12.1. The van der Waals surface area contributed by atoms with Crippen LogP contribution in [0.5, 0.6) is 0 Å². The molecule has 0 fully saturated rings. The third-order valence-electron chi connectivity index (χ3n) is 4.33. The number of nitrogens with two attached hydrogens (primary N) is 1. The summed E-state index contributed by atoms with van der Waals surface area (Å²) in [6, 6.07) is 11.2. The van der Waals surface area contributed by atoms with E-state index < -0.39 is 8.80 Å². The summed E-state index contributed by atoms with van der Waals surface area (Å²) >= 11 is 0. The highest BCUT2D eigenvalue weighted by Crippen LogP contribution is 2.21. The number of nitrogens with one attached hydrogen (secondary N) is 1. The molecule has 1 aromatic rings. The molecule has 0 heterocycles. The van der Waals surface area contributed by atoms with E-state index in [-0.39, 0.29) is 12.1 Å². The maximum atomic E-state index is 6.21. The highest BCUT2D eigenvalue weighted by molar-refractivity contribution is 6.60. The normalized spacial score (nSPS) is 14.2. The van der Waals surface area contributed by atoms with Crippen molar-refractivity contribution in [2.24, 2.45) is 5.73 Å². The summed E-state index contributed by atoms with van der Waals surface area (Å²) in [5.41, 5.74) is 6.88. The molecule has 2 atom stereocenters. The second-order valence-electron chi connectivity index (χ2n) is 6.00. The fraction of sp³-hybridized carbons (Fsp3) is 0.579. The van der Waals surface area contributed by atoms with Gasteiger partial charge in [-0.05, 0) is 37.9 Å². The van der Waals surface area contributed by atoms with Gasteiger partial charge in [-0.15, -0.1) is 6.58 Å². The molecule has 0 aliphatic heterocycles. The van der Waals surface area contributed by atoms with Gasteiger partial charge in [0.15, 0.2) is 0 Å². The molecule has 0 saturated heterocycles.